The zero-order valence-corrected chi connectivity index (χ0v) is 13.1. The van der Waals surface area contributed by atoms with Crippen LogP contribution >= 0.6 is 0 Å². The SMILES string of the molecule is CC1CC(c2ccc(-c3ccc(C(O)CCO)cc3)cc2)=NO1. The van der Waals surface area contributed by atoms with Crippen molar-refractivity contribution in [1.29, 1.82) is 0 Å². The Bertz CT molecular complexity index is 677. The molecule has 4 nitrogen and oxygen atoms in total. The molecule has 120 valence electrons. The molecule has 0 spiro atoms. The lowest BCUT2D eigenvalue weighted by Crippen LogP contribution is -2.03. The van der Waals surface area contributed by atoms with Gasteiger partial charge in [-0.05, 0) is 29.2 Å². The highest BCUT2D eigenvalue weighted by atomic mass is 16.6. The molecule has 0 aromatic heterocycles. The fourth-order valence-electron chi connectivity index (χ4n) is 2.71. The van der Waals surface area contributed by atoms with Gasteiger partial charge in [0.1, 0.15) is 6.10 Å². The van der Waals surface area contributed by atoms with Crippen LogP contribution in [0.15, 0.2) is 53.7 Å². The van der Waals surface area contributed by atoms with Crippen LogP contribution in [0.2, 0.25) is 0 Å². The third-order valence-corrected chi connectivity index (χ3v) is 4.07. The van der Waals surface area contributed by atoms with E-state index >= 15 is 0 Å². The van der Waals surface area contributed by atoms with Crippen molar-refractivity contribution >= 4 is 5.71 Å². The van der Waals surface area contributed by atoms with Crippen LogP contribution in [0.3, 0.4) is 0 Å². The van der Waals surface area contributed by atoms with Gasteiger partial charge in [0.15, 0.2) is 0 Å². The molecule has 0 amide bonds. The van der Waals surface area contributed by atoms with Gasteiger partial charge in [0, 0.05) is 19.4 Å². The van der Waals surface area contributed by atoms with E-state index in [0.717, 1.165) is 34.4 Å². The lowest BCUT2D eigenvalue weighted by molar-refractivity contribution is 0.0995. The van der Waals surface area contributed by atoms with E-state index in [1.807, 2.05) is 31.2 Å². The quantitative estimate of drug-likeness (QED) is 0.891. The summed E-state index contributed by atoms with van der Waals surface area (Å²) >= 11 is 0. The second-order valence-corrected chi connectivity index (χ2v) is 5.89. The maximum atomic E-state index is 9.88. The van der Waals surface area contributed by atoms with Crippen molar-refractivity contribution in [3.63, 3.8) is 0 Å². The van der Waals surface area contributed by atoms with Crippen LogP contribution < -0.4 is 0 Å². The highest BCUT2D eigenvalue weighted by molar-refractivity contribution is 6.01. The molecule has 2 unspecified atom stereocenters. The second kappa shape index (κ2) is 6.94. The molecule has 2 aromatic carbocycles. The molecule has 1 heterocycles. The van der Waals surface area contributed by atoms with E-state index < -0.39 is 6.10 Å². The Morgan fingerprint density at radius 3 is 2.13 bits per heavy atom. The lowest BCUT2D eigenvalue weighted by atomic mass is 9.98. The van der Waals surface area contributed by atoms with E-state index in [4.69, 9.17) is 9.94 Å². The Morgan fingerprint density at radius 1 is 1.04 bits per heavy atom. The maximum absolute atomic E-state index is 9.88. The van der Waals surface area contributed by atoms with Gasteiger partial charge in [-0.2, -0.15) is 0 Å². The predicted molar refractivity (Wildman–Crippen MR) is 90.2 cm³/mol. The molecule has 1 aliphatic rings. The smallest absolute Gasteiger partial charge is 0.130 e. The minimum Gasteiger partial charge on any atom is -0.396 e. The van der Waals surface area contributed by atoms with Crippen molar-refractivity contribution in [2.45, 2.75) is 32.0 Å². The molecule has 23 heavy (non-hydrogen) atoms. The fourth-order valence-corrected chi connectivity index (χ4v) is 2.71. The standard InChI is InChI=1S/C19H21NO3/c1-13-12-18(20-23-13)16-6-2-14(3-7-16)15-4-8-17(9-5-15)19(22)10-11-21/h2-9,13,19,21-22H,10-12H2,1H3. The summed E-state index contributed by atoms with van der Waals surface area (Å²) in [6.07, 6.45) is 0.745. The van der Waals surface area contributed by atoms with Crippen LogP contribution in [0, 0.1) is 0 Å². The highest BCUT2D eigenvalue weighted by Crippen LogP contribution is 2.25. The Kier molecular flexibility index (Phi) is 4.74. The third kappa shape index (κ3) is 3.60. The second-order valence-electron chi connectivity index (χ2n) is 5.89. The van der Waals surface area contributed by atoms with Gasteiger partial charge in [0.25, 0.3) is 0 Å². The van der Waals surface area contributed by atoms with Crippen LogP contribution in [0.25, 0.3) is 11.1 Å². The summed E-state index contributed by atoms with van der Waals surface area (Å²) in [7, 11) is 0. The van der Waals surface area contributed by atoms with Crippen LogP contribution in [-0.2, 0) is 4.84 Å². The molecule has 1 aliphatic heterocycles. The van der Waals surface area contributed by atoms with Gasteiger partial charge in [-0.15, -0.1) is 0 Å². The van der Waals surface area contributed by atoms with Crippen LogP contribution in [0.5, 0.6) is 0 Å². The maximum Gasteiger partial charge on any atom is 0.130 e. The minimum atomic E-state index is -0.612. The number of benzene rings is 2. The molecule has 0 fully saturated rings. The first-order chi connectivity index (χ1) is 11.2. The van der Waals surface area contributed by atoms with E-state index in [1.54, 1.807) is 0 Å². The molecule has 4 heteroatoms. The first kappa shape index (κ1) is 15.7. The summed E-state index contributed by atoms with van der Waals surface area (Å²) in [5, 5.41) is 22.9. The van der Waals surface area contributed by atoms with Gasteiger partial charge in [-0.1, -0.05) is 53.7 Å². The predicted octanol–water partition coefficient (Wildman–Crippen LogP) is 3.28. The molecule has 2 aromatic rings. The fraction of sp³-hybridized carbons (Fsp3) is 0.316. The van der Waals surface area contributed by atoms with Gasteiger partial charge in [0.2, 0.25) is 0 Å². The monoisotopic (exact) mass is 311 g/mol. The number of aliphatic hydroxyl groups excluding tert-OH is 2. The molecule has 0 bridgehead atoms. The molecule has 0 saturated heterocycles. The third-order valence-electron chi connectivity index (χ3n) is 4.07. The summed E-state index contributed by atoms with van der Waals surface area (Å²) in [4.78, 5) is 5.24. The van der Waals surface area contributed by atoms with Gasteiger partial charge in [-0.25, -0.2) is 0 Å². The molecule has 3 rings (SSSR count). The molecular formula is C19H21NO3. The number of rotatable bonds is 5. The van der Waals surface area contributed by atoms with Crippen molar-refractivity contribution in [2.75, 3.05) is 6.61 Å². The first-order valence-electron chi connectivity index (χ1n) is 7.90. The molecule has 2 atom stereocenters. The minimum absolute atomic E-state index is 0.0173. The molecule has 0 saturated carbocycles. The van der Waals surface area contributed by atoms with Crippen LogP contribution in [0.1, 0.15) is 37.0 Å². The number of nitrogens with zero attached hydrogens (tertiary/aromatic N) is 1. The van der Waals surface area contributed by atoms with Crippen molar-refractivity contribution in [2.24, 2.45) is 5.16 Å². The zero-order valence-electron chi connectivity index (χ0n) is 13.1. The summed E-state index contributed by atoms with van der Waals surface area (Å²) in [5.41, 5.74) is 5.12. The van der Waals surface area contributed by atoms with Gasteiger partial charge < -0.3 is 15.1 Å². The molecule has 0 radical (unpaired) electrons. The Labute approximate surface area is 136 Å². The van der Waals surface area contributed by atoms with Crippen molar-refractivity contribution in [1.82, 2.24) is 0 Å². The number of oxime groups is 1. The highest BCUT2D eigenvalue weighted by Gasteiger charge is 2.17. The van der Waals surface area contributed by atoms with Crippen molar-refractivity contribution in [3.8, 4) is 11.1 Å². The largest absolute Gasteiger partial charge is 0.396 e. The van der Waals surface area contributed by atoms with Gasteiger partial charge in [-0.3, -0.25) is 0 Å². The summed E-state index contributed by atoms with van der Waals surface area (Å²) in [5.74, 6) is 0. The van der Waals surface area contributed by atoms with E-state index in [-0.39, 0.29) is 12.7 Å². The van der Waals surface area contributed by atoms with Crippen LogP contribution in [-0.4, -0.2) is 28.6 Å². The Morgan fingerprint density at radius 2 is 1.61 bits per heavy atom. The van der Waals surface area contributed by atoms with E-state index in [2.05, 4.69) is 29.4 Å². The van der Waals surface area contributed by atoms with Crippen molar-refractivity contribution < 1.29 is 15.1 Å². The van der Waals surface area contributed by atoms with E-state index in [1.165, 1.54) is 0 Å². The normalized spacial score (nSPS) is 18.4. The van der Waals surface area contributed by atoms with Gasteiger partial charge >= 0.3 is 0 Å². The topological polar surface area (TPSA) is 62.0 Å². The average Bonchev–Trinajstić information content (AvgIpc) is 3.02. The average molecular weight is 311 g/mol. The van der Waals surface area contributed by atoms with Gasteiger partial charge in [0.05, 0.1) is 11.8 Å². The van der Waals surface area contributed by atoms with Crippen molar-refractivity contribution in [3.05, 3.63) is 59.7 Å². The van der Waals surface area contributed by atoms with E-state index in [0.29, 0.717) is 6.42 Å². The lowest BCUT2D eigenvalue weighted by Gasteiger charge is -2.10. The first-order valence-corrected chi connectivity index (χ1v) is 7.90. The zero-order chi connectivity index (χ0) is 16.2. The summed E-state index contributed by atoms with van der Waals surface area (Å²) < 4.78 is 0. The summed E-state index contributed by atoms with van der Waals surface area (Å²) in [6.45, 7) is 1.99. The summed E-state index contributed by atoms with van der Waals surface area (Å²) in [6, 6.07) is 16.0. The molecule has 0 aliphatic carbocycles. The van der Waals surface area contributed by atoms with E-state index in [9.17, 15) is 5.11 Å². The Hall–Kier alpha value is -2.17. The molecular weight excluding hydrogens is 290 g/mol. The number of aliphatic hydroxyl groups is 2. The molecule has 2 N–H and O–H groups in total. The number of hydrogen-bond acceptors (Lipinski definition) is 4. The number of hydrogen-bond donors (Lipinski definition) is 2. The Balaban J connectivity index is 1.74. The van der Waals surface area contributed by atoms with Crippen LogP contribution in [0.4, 0.5) is 0 Å².